The molecule has 0 aliphatic carbocycles. The van der Waals surface area contributed by atoms with Gasteiger partial charge in [-0.05, 0) is 49.4 Å². The fraction of sp³-hybridized carbons (Fsp3) is 0.529. The SMILES string of the molecule is CC(C)(C)OC(=O)N1CCN2C(=O)c3cc(Cl)c(I)c(Cl)c3OC[C@@H]2C1. The molecule has 3 rings (SSSR count). The number of nitrogens with zero attached hydrogens (tertiary/aromatic N) is 2. The second kappa shape index (κ2) is 7.24. The molecule has 2 aliphatic heterocycles. The first-order chi connectivity index (χ1) is 12.1. The number of ether oxygens (including phenoxy) is 2. The van der Waals surface area contributed by atoms with Crippen molar-refractivity contribution < 1.29 is 19.1 Å². The van der Waals surface area contributed by atoms with Crippen LogP contribution in [0.5, 0.6) is 5.75 Å². The van der Waals surface area contributed by atoms with Crippen molar-refractivity contribution in [2.45, 2.75) is 32.4 Å². The van der Waals surface area contributed by atoms with E-state index in [1.807, 2.05) is 43.4 Å². The van der Waals surface area contributed by atoms with Gasteiger partial charge in [-0.15, -0.1) is 0 Å². The van der Waals surface area contributed by atoms with Crippen LogP contribution in [0.25, 0.3) is 0 Å². The Balaban J connectivity index is 1.83. The van der Waals surface area contributed by atoms with Crippen molar-refractivity contribution in [3.05, 3.63) is 25.2 Å². The number of rotatable bonds is 0. The van der Waals surface area contributed by atoms with Crippen LogP contribution in [0, 0.1) is 3.57 Å². The Labute approximate surface area is 175 Å². The standard InChI is InChI=1S/C17H19Cl2IN2O4/c1-17(2,3)26-16(24)21-4-5-22-9(7-21)8-25-14-10(15(22)23)6-11(18)13(20)12(14)19/h6,9H,4-5,7-8H2,1-3H3/t9-/m0/s1. The topological polar surface area (TPSA) is 59.1 Å². The molecule has 2 amide bonds. The fourth-order valence-corrected chi connectivity index (χ4v) is 3.88. The summed E-state index contributed by atoms with van der Waals surface area (Å²) in [6.07, 6.45) is -0.387. The van der Waals surface area contributed by atoms with Gasteiger partial charge in [0.1, 0.15) is 12.2 Å². The number of halogens is 3. The quantitative estimate of drug-likeness (QED) is 0.388. The highest BCUT2D eigenvalue weighted by molar-refractivity contribution is 14.1. The third-order valence-electron chi connectivity index (χ3n) is 4.16. The Morgan fingerprint density at radius 2 is 2.04 bits per heavy atom. The number of piperazine rings is 1. The van der Waals surface area contributed by atoms with E-state index in [-0.39, 0.29) is 24.6 Å². The van der Waals surface area contributed by atoms with Crippen LogP contribution >= 0.6 is 45.8 Å². The number of hydrogen-bond donors (Lipinski definition) is 0. The summed E-state index contributed by atoms with van der Waals surface area (Å²) in [5.41, 5.74) is -0.213. The molecule has 0 saturated carbocycles. The molecule has 0 spiro atoms. The number of hydrogen-bond acceptors (Lipinski definition) is 4. The van der Waals surface area contributed by atoms with Crippen molar-refractivity contribution in [1.82, 2.24) is 9.80 Å². The first-order valence-corrected chi connectivity index (χ1v) is 10.0. The Kier molecular flexibility index (Phi) is 5.52. The maximum Gasteiger partial charge on any atom is 0.410 e. The minimum Gasteiger partial charge on any atom is -0.489 e. The van der Waals surface area contributed by atoms with Crippen LogP contribution in [0.15, 0.2) is 6.07 Å². The fourth-order valence-electron chi connectivity index (χ4n) is 2.97. The molecule has 1 fully saturated rings. The van der Waals surface area contributed by atoms with Gasteiger partial charge in [-0.3, -0.25) is 4.79 Å². The number of benzene rings is 1. The molecule has 1 atom stereocenters. The monoisotopic (exact) mass is 512 g/mol. The largest absolute Gasteiger partial charge is 0.489 e. The van der Waals surface area contributed by atoms with Crippen LogP contribution in [-0.4, -0.2) is 59.7 Å². The van der Waals surface area contributed by atoms with Gasteiger partial charge in [-0.2, -0.15) is 0 Å². The maximum atomic E-state index is 13.0. The van der Waals surface area contributed by atoms with E-state index in [0.29, 0.717) is 44.6 Å². The summed E-state index contributed by atoms with van der Waals surface area (Å²) in [5.74, 6) is 0.162. The molecule has 9 heteroatoms. The second-order valence-electron chi connectivity index (χ2n) is 7.25. The number of amides is 2. The lowest BCUT2D eigenvalue weighted by atomic mass is 10.1. The molecule has 0 N–H and O–H groups in total. The minimum absolute atomic E-state index is 0.188. The van der Waals surface area contributed by atoms with Crippen LogP contribution in [0.1, 0.15) is 31.1 Å². The Morgan fingerprint density at radius 3 is 2.69 bits per heavy atom. The lowest BCUT2D eigenvalue weighted by Crippen LogP contribution is -2.58. The molecular formula is C17H19Cl2IN2O4. The Morgan fingerprint density at radius 1 is 1.35 bits per heavy atom. The van der Waals surface area contributed by atoms with E-state index in [4.69, 9.17) is 32.7 Å². The van der Waals surface area contributed by atoms with E-state index in [9.17, 15) is 9.59 Å². The predicted octanol–water partition coefficient (Wildman–Crippen LogP) is 4.05. The van der Waals surface area contributed by atoms with Gasteiger partial charge in [0, 0.05) is 19.6 Å². The molecule has 6 nitrogen and oxygen atoms in total. The molecule has 1 saturated heterocycles. The molecule has 1 aromatic carbocycles. The third kappa shape index (κ3) is 3.84. The van der Waals surface area contributed by atoms with Crippen molar-refractivity contribution in [2.24, 2.45) is 0 Å². The molecule has 0 unspecified atom stereocenters. The van der Waals surface area contributed by atoms with Gasteiger partial charge in [-0.1, -0.05) is 23.2 Å². The van der Waals surface area contributed by atoms with Crippen LogP contribution in [0.4, 0.5) is 4.79 Å². The van der Waals surface area contributed by atoms with Crippen LogP contribution in [0.2, 0.25) is 10.0 Å². The van der Waals surface area contributed by atoms with Crippen LogP contribution < -0.4 is 4.74 Å². The molecule has 0 aromatic heterocycles. The van der Waals surface area contributed by atoms with Crippen LogP contribution in [0.3, 0.4) is 0 Å². The van der Waals surface area contributed by atoms with E-state index in [0.717, 1.165) is 0 Å². The van der Waals surface area contributed by atoms with Gasteiger partial charge in [-0.25, -0.2) is 4.79 Å². The number of carbonyl (C=O) groups excluding carboxylic acids is 2. The predicted molar refractivity (Wildman–Crippen MR) is 107 cm³/mol. The maximum absolute atomic E-state index is 13.0. The number of fused-ring (bicyclic) bond motifs is 2. The zero-order chi connectivity index (χ0) is 19.2. The lowest BCUT2D eigenvalue weighted by Gasteiger charge is -2.40. The molecule has 26 heavy (non-hydrogen) atoms. The van der Waals surface area contributed by atoms with E-state index in [1.54, 1.807) is 15.9 Å². The average Bonchev–Trinajstić information content (AvgIpc) is 2.69. The van der Waals surface area contributed by atoms with Crippen molar-refractivity contribution in [3.8, 4) is 5.75 Å². The summed E-state index contributed by atoms with van der Waals surface area (Å²) in [6.45, 7) is 6.86. The molecule has 1 aromatic rings. The van der Waals surface area contributed by atoms with Crippen molar-refractivity contribution in [1.29, 1.82) is 0 Å². The molecule has 2 heterocycles. The highest BCUT2D eigenvalue weighted by Crippen LogP contribution is 2.40. The summed E-state index contributed by atoms with van der Waals surface area (Å²) in [5, 5.41) is 0.752. The summed E-state index contributed by atoms with van der Waals surface area (Å²) < 4.78 is 11.9. The highest BCUT2D eigenvalue weighted by atomic mass is 127. The normalized spacial score (nSPS) is 20.1. The minimum atomic E-state index is -0.568. The molecule has 142 valence electrons. The molecule has 0 bridgehead atoms. The van der Waals surface area contributed by atoms with Gasteiger partial charge in [0.05, 0.1) is 25.2 Å². The smallest absolute Gasteiger partial charge is 0.410 e. The van der Waals surface area contributed by atoms with Gasteiger partial charge >= 0.3 is 6.09 Å². The summed E-state index contributed by atoms with van der Waals surface area (Å²) in [7, 11) is 0. The first-order valence-electron chi connectivity index (χ1n) is 8.17. The van der Waals surface area contributed by atoms with Gasteiger partial charge in [0.15, 0.2) is 5.75 Å². The van der Waals surface area contributed by atoms with Crippen molar-refractivity contribution in [3.63, 3.8) is 0 Å². The van der Waals surface area contributed by atoms with E-state index in [1.165, 1.54) is 0 Å². The van der Waals surface area contributed by atoms with Crippen molar-refractivity contribution >= 4 is 57.8 Å². The Bertz CT molecular complexity index is 766. The van der Waals surface area contributed by atoms with Crippen LogP contribution in [-0.2, 0) is 4.74 Å². The molecule has 0 radical (unpaired) electrons. The van der Waals surface area contributed by atoms with Gasteiger partial charge < -0.3 is 19.3 Å². The van der Waals surface area contributed by atoms with E-state index in [2.05, 4.69) is 0 Å². The van der Waals surface area contributed by atoms with E-state index < -0.39 is 5.60 Å². The van der Waals surface area contributed by atoms with E-state index >= 15 is 0 Å². The zero-order valence-electron chi connectivity index (χ0n) is 14.6. The third-order valence-corrected chi connectivity index (χ3v) is 6.58. The van der Waals surface area contributed by atoms with Gasteiger partial charge in [0.25, 0.3) is 5.91 Å². The van der Waals surface area contributed by atoms with Gasteiger partial charge in [0.2, 0.25) is 0 Å². The second-order valence-corrected chi connectivity index (χ2v) is 9.12. The summed E-state index contributed by atoms with van der Waals surface area (Å²) in [4.78, 5) is 28.6. The summed E-state index contributed by atoms with van der Waals surface area (Å²) in [6, 6.07) is 1.32. The molecular weight excluding hydrogens is 494 g/mol. The highest BCUT2D eigenvalue weighted by Gasteiger charge is 2.39. The lowest BCUT2D eigenvalue weighted by molar-refractivity contribution is 0.000952. The van der Waals surface area contributed by atoms with Crippen molar-refractivity contribution in [2.75, 3.05) is 26.2 Å². The Hall–Kier alpha value is -0.930. The average molecular weight is 513 g/mol. The number of carbonyl (C=O) groups is 2. The first kappa shape index (κ1) is 19.8. The summed E-state index contributed by atoms with van der Waals surface area (Å²) >= 11 is 14.5. The molecule has 2 aliphatic rings. The zero-order valence-corrected chi connectivity index (χ0v) is 18.3.